The largest absolute Gasteiger partial charge is 0.278 e. The van der Waals surface area contributed by atoms with Gasteiger partial charge in [0, 0.05) is 11.3 Å². The summed E-state index contributed by atoms with van der Waals surface area (Å²) in [5, 5.41) is 8.38. The molecule has 3 rings (SSSR count). The number of hydrogen-bond donors (Lipinski definition) is 1. The van der Waals surface area contributed by atoms with Crippen LogP contribution in [0.3, 0.4) is 0 Å². The molecule has 18 heavy (non-hydrogen) atoms. The molecule has 0 saturated heterocycles. The molecule has 0 spiro atoms. The molecular weight excluding hydrogens is 220 g/mol. The predicted molar refractivity (Wildman–Crippen MR) is 74.4 cm³/mol. The quantitative estimate of drug-likeness (QED) is 0.732. The molecule has 1 heterocycles. The van der Waals surface area contributed by atoms with Gasteiger partial charge in [-0.2, -0.15) is 5.10 Å². The SMILES string of the molecule is [CH2]C[C@@H](c1ccccc1)c1cccc2cn[nH]c12. The number of H-pyrrole nitrogens is 1. The maximum atomic E-state index is 4.13. The third-order valence-corrected chi connectivity index (χ3v) is 3.37. The molecule has 0 fully saturated rings. The van der Waals surface area contributed by atoms with E-state index in [-0.39, 0.29) is 0 Å². The van der Waals surface area contributed by atoms with E-state index in [2.05, 4.69) is 59.6 Å². The van der Waals surface area contributed by atoms with Crippen molar-refractivity contribution >= 4 is 10.9 Å². The summed E-state index contributed by atoms with van der Waals surface area (Å²) >= 11 is 0. The average molecular weight is 235 g/mol. The number of hydrogen-bond acceptors (Lipinski definition) is 1. The first kappa shape index (κ1) is 11.0. The van der Waals surface area contributed by atoms with Crippen molar-refractivity contribution in [2.24, 2.45) is 0 Å². The second kappa shape index (κ2) is 4.65. The fourth-order valence-electron chi connectivity index (χ4n) is 2.47. The van der Waals surface area contributed by atoms with E-state index in [4.69, 9.17) is 0 Å². The van der Waals surface area contributed by atoms with E-state index in [0.29, 0.717) is 5.92 Å². The zero-order chi connectivity index (χ0) is 12.4. The second-order valence-electron chi connectivity index (χ2n) is 4.43. The molecule has 1 N–H and O–H groups in total. The Balaban J connectivity index is 2.15. The summed E-state index contributed by atoms with van der Waals surface area (Å²) in [6.07, 6.45) is 2.70. The number of nitrogens with zero attached hydrogens (tertiary/aromatic N) is 1. The van der Waals surface area contributed by atoms with E-state index in [9.17, 15) is 0 Å². The van der Waals surface area contributed by atoms with Crippen LogP contribution in [0, 0.1) is 6.92 Å². The number of nitrogens with one attached hydrogen (secondary N) is 1. The molecule has 0 saturated carbocycles. The third kappa shape index (κ3) is 1.80. The van der Waals surface area contributed by atoms with Crippen molar-refractivity contribution in [3.05, 3.63) is 72.8 Å². The minimum absolute atomic E-state index is 0.315. The van der Waals surface area contributed by atoms with E-state index in [0.717, 1.165) is 17.3 Å². The number of aromatic amines is 1. The fraction of sp³-hybridized carbons (Fsp3) is 0.125. The van der Waals surface area contributed by atoms with E-state index in [1.807, 2.05) is 12.3 Å². The van der Waals surface area contributed by atoms with E-state index in [1.165, 1.54) is 11.1 Å². The van der Waals surface area contributed by atoms with Crippen molar-refractivity contribution in [2.75, 3.05) is 0 Å². The third-order valence-electron chi connectivity index (χ3n) is 3.37. The molecule has 0 aliphatic carbocycles. The first-order chi connectivity index (χ1) is 8.90. The topological polar surface area (TPSA) is 28.7 Å². The molecule has 0 bridgehead atoms. The normalized spacial score (nSPS) is 12.7. The highest BCUT2D eigenvalue weighted by Crippen LogP contribution is 2.31. The Bertz CT molecular complexity index is 640. The minimum Gasteiger partial charge on any atom is -0.278 e. The fourth-order valence-corrected chi connectivity index (χ4v) is 2.47. The van der Waals surface area contributed by atoms with Gasteiger partial charge in [0.25, 0.3) is 0 Å². The van der Waals surface area contributed by atoms with Crippen LogP contribution in [0.1, 0.15) is 23.5 Å². The lowest BCUT2D eigenvalue weighted by Crippen LogP contribution is -2.00. The van der Waals surface area contributed by atoms with Gasteiger partial charge in [-0.15, -0.1) is 0 Å². The summed E-state index contributed by atoms with van der Waals surface area (Å²) in [5.41, 5.74) is 3.69. The van der Waals surface area contributed by atoms with Crippen molar-refractivity contribution in [1.29, 1.82) is 0 Å². The van der Waals surface area contributed by atoms with E-state index < -0.39 is 0 Å². The maximum Gasteiger partial charge on any atom is 0.0688 e. The molecular formula is C16H15N2. The van der Waals surface area contributed by atoms with Gasteiger partial charge in [0.15, 0.2) is 0 Å². The molecule has 0 aliphatic heterocycles. The van der Waals surface area contributed by atoms with Crippen molar-refractivity contribution < 1.29 is 0 Å². The van der Waals surface area contributed by atoms with Crippen LogP contribution < -0.4 is 0 Å². The molecule has 2 aromatic carbocycles. The van der Waals surface area contributed by atoms with Crippen LogP contribution in [0.4, 0.5) is 0 Å². The van der Waals surface area contributed by atoms with Crippen molar-refractivity contribution in [3.63, 3.8) is 0 Å². The van der Waals surface area contributed by atoms with Crippen LogP contribution >= 0.6 is 0 Å². The van der Waals surface area contributed by atoms with Gasteiger partial charge in [-0.05, 0) is 17.5 Å². The highest BCUT2D eigenvalue weighted by Gasteiger charge is 2.15. The lowest BCUT2D eigenvalue weighted by Gasteiger charge is -2.16. The van der Waals surface area contributed by atoms with Gasteiger partial charge in [-0.1, -0.05) is 55.5 Å². The highest BCUT2D eigenvalue weighted by molar-refractivity contribution is 5.82. The molecule has 0 aliphatic rings. The van der Waals surface area contributed by atoms with Crippen LogP contribution in [-0.4, -0.2) is 10.2 Å². The molecule has 1 aromatic heterocycles. The Kier molecular flexibility index (Phi) is 2.85. The molecule has 1 atom stereocenters. The van der Waals surface area contributed by atoms with Gasteiger partial charge in [0.1, 0.15) is 0 Å². The van der Waals surface area contributed by atoms with Crippen molar-refractivity contribution in [2.45, 2.75) is 12.3 Å². The number of aromatic nitrogens is 2. The van der Waals surface area contributed by atoms with E-state index in [1.54, 1.807) is 0 Å². The Hall–Kier alpha value is -2.09. The summed E-state index contributed by atoms with van der Waals surface area (Å²) in [7, 11) is 0. The number of benzene rings is 2. The summed E-state index contributed by atoms with van der Waals surface area (Å²) in [6.45, 7) is 4.10. The van der Waals surface area contributed by atoms with Crippen LogP contribution in [0.2, 0.25) is 0 Å². The van der Waals surface area contributed by atoms with Crippen LogP contribution in [-0.2, 0) is 0 Å². The summed E-state index contributed by atoms with van der Waals surface area (Å²) in [4.78, 5) is 0. The van der Waals surface area contributed by atoms with Crippen molar-refractivity contribution in [1.82, 2.24) is 10.2 Å². The van der Waals surface area contributed by atoms with E-state index >= 15 is 0 Å². The van der Waals surface area contributed by atoms with Crippen molar-refractivity contribution in [3.8, 4) is 0 Å². The van der Waals surface area contributed by atoms with Gasteiger partial charge in [-0.25, -0.2) is 0 Å². The molecule has 0 amide bonds. The number of rotatable bonds is 3. The summed E-state index contributed by atoms with van der Waals surface area (Å²) in [6, 6.07) is 16.8. The van der Waals surface area contributed by atoms with Gasteiger partial charge in [-0.3, -0.25) is 5.10 Å². The smallest absolute Gasteiger partial charge is 0.0688 e. The first-order valence-electron chi connectivity index (χ1n) is 6.16. The lowest BCUT2D eigenvalue weighted by atomic mass is 9.88. The second-order valence-corrected chi connectivity index (χ2v) is 4.43. The average Bonchev–Trinajstić information content (AvgIpc) is 2.90. The molecule has 3 aromatic rings. The maximum absolute atomic E-state index is 4.13. The van der Waals surface area contributed by atoms with Crippen LogP contribution in [0.5, 0.6) is 0 Å². The molecule has 1 radical (unpaired) electrons. The Morgan fingerprint density at radius 3 is 2.67 bits per heavy atom. The zero-order valence-electron chi connectivity index (χ0n) is 10.1. The molecule has 2 heteroatoms. The summed E-state index contributed by atoms with van der Waals surface area (Å²) < 4.78 is 0. The van der Waals surface area contributed by atoms with Gasteiger partial charge < -0.3 is 0 Å². The zero-order valence-corrected chi connectivity index (χ0v) is 10.1. The lowest BCUT2D eigenvalue weighted by molar-refractivity contribution is 0.831. The molecule has 0 unspecified atom stereocenters. The standard InChI is InChI=1S/C16H15N2/c1-2-14(12-7-4-3-5-8-12)15-10-6-9-13-11-17-18-16(13)15/h3-11,14H,1-2H2,(H,17,18)/t14-/m0/s1. The molecule has 89 valence electrons. The van der Waals surface area contributed by atoms with Gasteiger partial charge in [0.05, 0.1) is 11.7 Å². The Morgan fingerprint density at radius 2 is 1.89 bits per heavy atom. The summed E-state index contributed by atoms with van der Waals surface area (Å²) in [5.74, 6) is 0.315. The monoisotopic (exact) mass is 235 g/mol. The minimum atomic E-state index is 0.315. The highest BCUT2D eigenvalue weighted by atomic mass is 15.1. The number of fused-ring (bicyclic) bond motifs is 1. The first-order valence-corrected chi connectivity index (χ1v) is 6.16. The van der Waals surface area contributed by atoms with Gasteiger partial charge in [0.2, 0.25) is 0 Å². The Labute approximate surface area is 107 Å². The van der Waals surface area contributed by atoms with Gasteiger partial charge >= 0.3 is 0 Å². The predicted octanol–water partition coefficient (Wildman–Crippen LogP) is 3.92. The Morgan fingerprint density at radius 1 is 1.06 bits per heavy atom. The molecule has 2 nitrogen and oxygen atoms in total. The van der Waals surface area contributed by atoms with Crippen LogP contribution in [0.15, 0.2) is 54.7 Å². The number of para-hydroxylation sites is 1. The van der Waals surface area contributed by atoms with Crippen LogP contribution in [0.25, 0.3) is 10.9 Å².